The summed E-state index contributed by atoms with van der Waals surface area (Å²) in [5.74, 6) is 0.216. The molecule has 0 unspecified atom stereocenters. The van der Waals surface area contributed by atoms with E-state index in [2.05, 4.69) is 20.4 Å². The Morgan fingerprint density at radius 1 is 1.29 bits per heavy atom. The molecule has 0 aliphatic carbocycles. The van der Waals surface area contributed by atoms with Gasteiger partial charge in [0.25, 0.3) is 0 Å². The molecule has 7 heteroatoms. The second-order valence-electron chi connectivity index (χ2n) is 4.34. The van der Waals surface area contributed by atoms with Crippen LogP contribution in [0, 0.1) is 5.82 Å². The average molecular weight is 285 g/mol. The fourth-order valence-electron chi connectivity index (χ4n) is 1.92. The number of aromatic nitrogens is 4. The van der Waals surface area contributed by atoms with E-state index < -0.39 is 5.82 Å². The topological polar surface area (TPSA) is 75.9 Å². The quantitative estimate of drug-likeness (QED) is 0.768. The molecule has 2 N–H and O–H groups in total. The first-order chi connectivity index (χ1) is 10.2. The third kappa shape index (κ3) is 2.81. The van der Waals surface area contributed by atoms with Crippen molar-refractivity contribution in [3.63, 3.8) is 0 Å². The highest BCUT2D eigenvalue weighted by molar-refractivity contribution is 5.56. The van der Waals surface area contributed by atoms with Crippen LogP contribution in [-0.4, -0.2) is 24.9 Å². The van der Waals surface area contributed by atoms with Crippen LogP contribution in [0.4, 0.5) is 10.1 Å². The average Bonchev–Trinajstić information content (AvgIpc) is 3.03. The van der Waals surface area contributed by atoms with E-state index in [1.165, 1.54) is 35.5 Å². The molecule has 3 rings (SSSR count). The molecule has 0 bridgehead atoms. The minimum Gasteiger partial charge on any atom is -0.508 e. The molecule has 0 spiro atoms. The summed E-state index contributed by atoms with van der Waals surface area (Å²) in [6.45, 7) is 0.261. The zero-order valence-corrected chi connectivity index (χ0v) is 10.9. The molecule has 2 heterocycles. The molecule has 2 aromatic heterocycles. The number of nitrogens with one attached hydrogen (secondary N) is 1. The highest BCUT2D eigenvalue weighted by Crippen LogP contribution is 2.21. The van der Waals surface area contributed by atoms with Gasteiger partial charge in [-0.2, -0.15) is 5.10 Å². The summed E-state index contributed by atoms with van der Waals surface area (Å²) in [7, 11) is 0. The predicted octanol–water partition coefficient (Wildman–Crippen LogP) is 2.12. The third-order valence-electron chi connectivity index (χ3n) is 2.93. The Labute approximate surface area is 119 Å². The van der Waals surface area contributed by atoms with Crippen molar-refractivity contribution in [3.05, 3.63) is 60.6 Å². The van der Waals surface area contributed by atoms with Crippen molar-refractivity contribution in [2.45, 2.75) is 6.54 Å². The van der Waals surface area contributed by atoms with Gasteiger partial charge in [0, 0.05) is 18.3 Å². The number of nitrogens with zero attached hydrogens (tertiary/aromatic N) is 4. The first kappa shape index (κ1) is 13.0. The largest absolute Gasteiger partial charge is 0.508 e. The van der Waals surface area contributed by atoms with Gasteiger partial charge in [0.05, 0.1) is 5.69 Å². The van der Waals surface area contributed by atoms with Crippen LogP contribution in [0.25, 0.3) is 5.82 Å². The van der Waals surface area contributed by atoms with Crippen molar-refractivity contribution < 1.29 is 9.50 Å². The van der Waals surface area contributed by atoms with E-state index in [1.807, 2.05) is 6.07 Å². The molecule has 0 atom stereocenters. The van der Waals surface area contributed by atoms with Crippen molar-refractivity contribution in [2.75, 3.05) is 5.32 Å². The first-order valence-corrected chi connectivity index (χ1v) is 6.25. The summed E-state index contributed by atoms with van der Waals surface area (Å²) in [4.78, 5) is 8.11. The number of hydrogen-bond donors (Lipinski definition) is 2. The van der Waals surface area contributed by atoms with Crippen LogP contribution in [-0.2, 0) is 6.54 Å². The van der Waals surface area contributed by atoms with Crippen molar-refractivity contribution in [3.8, 4) is 11.6 Å². The lowest BCUT2D eigenvalue weighted by molar-refractivity contribution is 0.466. The Bertz CT molecular complexity index is 745. The Kier molecular flexibility index (Phi) is 3.46. The van der Waals surface area contributed by atoms with E-state index in [4.69, 9.17) is 0 Å². The number of benzene rings is 1. The maximum atomic E-state index is 13.2. The molecule has 106 valence electrons. The van der Waals surface area contributed by atoms with Crippen LogP contribution < -0.4 is 5.32 Å². The number of halogens is 1. The maximum Gasteiger partial charge on any atom is 0.178 e. The molecule has 0 saturated heterocycles. The van der Waals surface area contributed by atoms with Crippen molar-refractivity contribution in [1.29, 1.82) is 0 Å². The van der Waals surface area contributed by atoms with Gasteiger partial charge in [0.15, 0.2) is 5.82 Å². The number of aromatic hydroxyl groups is 1. The maximum absolute atomic E-state index is 13.2. The highest BCUT2D eigenvalue weighted by Gasteiger charge is 2.08. The van der Waals surface area contributed by atoms with Gasteiger partial charge in [0.1, 0.15) is 24.2 Å². The number of pyridine rings is 1. The lowest BCUT2D eigenvalue weighted by atomic mass is 10.2. The minimum absolute atomic E-state index is 0.0371. The second-order valence-corrected chi connectivity index (χ2v) is 4.34. The molecule has 0 aliphatic heterocycles. The molecule has 3 aromatic rings. The van der Waals surface area contributed by atoms with E-state index in [0.717, 1.165) is 0 Å². The summed E-state index contributed by atoms with van der Waals surface area (Å²) in [6, 6.07) is 7.42. The Morgan fingerprint density at radius 2 is 2.19 bits per heavy atom. The first-order valence-electron chi connectivity index (χ1n) is 6.25. The summed E-state index contributed by atoms with van der Waals surface area (Å²) in [5.41, 5.74) is 1.16. The van der Waals surface area contributed by atoms with Crippen molar-refractivity contribution in [2.24, 2.45) is 0 Å². The van der Waals surface area contributed by atoms with E-state index in [-0.39, 0.29) is 12.3 Å². The van der Waals surface area contributed by atoms with Gasteiger partial charge in [0.2, 0.25) is 0 Å². The van der Waals surface area contributed by atoms with Crippen LogP contribution in [0.3, 0.4) is 0 Å². The van der Waals surface area contributed by atoms with Gasteiger partial charge in [-0.25, -0.2) is 19.0 Å². The van der Waals surface area contributed by atoms with Crippen LogP contribution in [0.1, 0.15) is 5.56 Å². The molecular weight excluding hydrogens is 273 g/mol. The smallest absolute Gasteiger partial charge is 0.178 e. The zero-order valence-electron chi connectivity index (χ0n) is 10.9. The summed E-state index contributed by atoms with van der Waals surface area (Å²) in [5, 5.41) is 16.9. The van der Waals surface area contributed by atoms with Crippen LogP contribution in [0.2, 0.25) is 0 Å². The van der Waals surface area contributed by atoms with Gasteiger partial charge in [-0.1, -0.05) is 0 Å². The number of hydrogen-bond acceptors (Lipinski definition) is 5. The van der Waals surface area contributed by atoms with E-state index in [9.17, 15) is 9.50 Å². The van der Waals surface area contributed by atoms with Crippen molar-refractivity contribution >= 4 is 5.69 Å². The standard InChI is InChI=1S/C14H12FN5O/c15-11-3-4-13(21)10(6-11)7-18-12-2-1-5-17-14(12)20-9-16-8-19-20/h1-6,8-9,18,21H,7H2. The third-order valence-corrected chi connectivity index (χ3v) is 2.93. The summed E-state index contributed by atoms with van der Waals surface area (Å²) in [6.07, 6.45) is 4.59. The van der Waals surface area contributed by atoms with Crippen LogP contribution in [0.15, 0.2) is 49.2 Å². The molecule has 0 saturated carbocycles. The van der Waals surface area contributed by atoms with E-state index >= 15 is 0 Å². The number of anilines is 1. The van der Waals surface area contributed by atoms with Crippen LogP contribution >= 0.6 is 0 Å². The molecule has 0 fully saturated rings. The normalized spacial score (nSPS) is 10.5. The molecule has 0 aliphatic rings. The monoisotopic (exact) mass is 285 g/mol. The number of rotatable bonds is 4. The lowest BCUT2D eigenvalue weighted by Crippen LogP contribution is -2.07. The minimum atomic E-state index is -0.396. The summed E-state index contributed by atoms with van der Waals surface area (Å²) < 4.78 is 14.7. The number of phenolic OH excluding ortho intramolecular Hbond substituents is 1. The van der Waals surface area contributed by atoms with E-state index in [1.54, 1.807) is 12.3 Å². The fraction of sp³-hybridized carbons (Fsp3) is 0.0714. The Morgan fingerprint density at radius 3 is 3.00 bits per heavy atom. The van der Waals surface area contributed by atoms with Gasteiger partial charge in [-0.15, -0.1) is 0 Å². The van der Waals surface area contributed by atoms with Crippen LogP contribution in [0.5, 0.6) is 5.75 Å². The van der Waals surface area contributed by atoms with Gasteiger partial charge in [-0.3, -0.25) is 0 Å². The highest BCUT2D eigenvalue weighted by atomic mass is 19.1. The molecule has 6 nitrogen and oxygen atoms in total. The Balaban J connectivity index is 1.84. The van der Waals surface area contributed by atoms with Gasteiger partial charge >= 0.3 is 0 Å². The number of phenols is 1. The predicted molar refractivity (Wildman–Crippen MR) is 74.5 cm³/mol. The molecule has 21 heavy (non-hydrogen) atoms. The molecule has 0 amide bonds. The Hall–Kier alpha value is -2.96. The fourth-order valence-corrected chi connectivity index (χ4v) is 1.92. The van der Waals surface area contributed by atoms with Gasteiger partial charge < -0.3 is 10.4 Å². The van der Waals surface area contributed by atoms with E-state index in [0.29, 0.717) is 17.1 Å². The lowest BCUT2D eigenvalue weighted by Gasteiger charge is -2.11. The molecule has 1 aromatic carbocycles. The SMILES string of the molecule is Oc1ccc(F)cc1CNc1cccnc1-n1cncn1. The molecule has 0 radical (unpaired) electrons. The molecular formula is C14H12FN5O. The zero-order chi connectivity index (χ0) is 14.7. The second kappa shape index (κ2) is 5.58. The van der Waals surface area contributed by atoms with Gasteiger partial charge in [-0.05, 0) is 30.3 Å². The summed E-state index contributed by atoms with van der Waals surface area (Å²) >= 11 is 0. The van der Waals surface area contributed by atoms with Crippen molar-refractivity contribution in [1.82, 2.24) is 19.7 Å².